The Morgan fingerprint density at radius 3 is 2.44 bits per heavy atom. The van der Waals surface area contributed by atoms with Crippen LogP contribution >= 0.6 is 11.3 Å². The summed E-state index contributed by atoms with van der Waals surface area (Å²) in [6, 6.07) is 2.37. The van der Waals surface area contributed by atoms with E-state index in [9.17, 15) is 26.0 Å². The molecule has 11 heteroatoms. The standard InChI is InChI=1S/C16H13F4N3O2S2/c1-2-23(14(16(18,19)20)10-3-5-11(17)6-4-10)27(24,25)12-7-13-15(21-8-12)22-9-26-13/h3-9,14H,2H2,1H3. The van der Waals surface area contributed by atoms with Crippen molar-refractivity contribution in [2.24, 2.45) is 0 Å². The SMILES string of the molecule is CCN(C(c1ccc(F)cc1)C(F)(F)F)S(=O)(=O)c1cnc2ncsc2c1. The Morgan fingerprint density at radius 2 is 1.85 bits per heavy atom. The summed E-state index contributed by atoms with van der Waals surface area (Å²) < 4.78 is 81.1. The molecule has 1 unspecified atom stereocenters. The van der Waals surface area contributed by atoms with Crippen LogP contribution in [0, 0.1) is 5.82 Å². The minimum Gasteiger partial charge on any atom is -0.234 e. The van der Waals surface area contributed by atoms with Gasteiger partial charge in [0.2, 0.25) is 10.0 Å². The number of thiazole rings is 1. The quantitative estimate of drug-likeness (QED) is 0.583. The molecule has 0 fully saturated rings. The van der Waals surface area contributed by atoms with Crippen LogP contribution in [0.4, 0.5) is 17.6 Å². The molecule has 2 heterocycles. The first-order valence-electron chi connectivity index (χ1n) is 7.68. The highest BCUT2D eigenvalue weighted by molar-refractivity contribution is 7.89. The van der Waals surface area contributed by atoms with Crippen molar-refractivity contribution < 1.29 is 26.0 Å². The lowest BCUT2D eigenvalue weighted by Gasteiger charge is -2.31. The molecule has 0 radical (unpaired) electrons. The van der Waals surface area contributed by atoms with Gasteiger partial charge < -0.3 is 0 Å². The number of sulfonamides is 1. The average molecular weight is 419 g/mol. The maximum absolute atomic E-state index is 13.8. The monoisotopic (exact) mass is 419 g/mol. The first-order chi connectivity index (χ1) is 12.6. The Labute approximate surface area is 156 Å². The summed E-state index contributed by atoms with van der Waals surface area (Å²) in [5, 5.41) is 0. The van der Waals surface area contributed by atoms with Crippen molar-refractivity contribution in [2.75, 3.05) is 6.54 Å². The molecule has 0 spiro atoms. The van der Waals surface area contributed by atoms with Gasteiger partial charge in [-0.2, -0.15) is 17.5 Å². The lowest BCUT2D eigenvalue weighted by molar-refractivity contribution is -0.173. The topological polar surface area (TPSA) is 63.2 Å². The van der Waals surface area contributed by atoms with E-state index in [0.29, 0.717) is 14.7 Å². The molecular weight excluding hydrogens is 406 g/mol. The second-order valence-electron chi connectivity index (χ2n) is 5.55. The number of pyridine rings is 1. The highest BCUT2D eigenvalue weighted by Gasteiger charge is 2.48. The maximum Gasteiger partial charge on any atom is 0.409 e. The van der Waals surface area contributed by atoms with Gasteiger partial charge in [0.25, 0.3) is 0 Å². The number of hydrogen-bond acceptors (Lipinski definition) is 5. The normalized spacial score (nSPS) is 14.0. The highest BCUT2D eigenvalue weighted by atomic mass is 32.2. The molecule has 0 saturated carbocycles. The number of halogens is 4. The molecular formula is C16H13F4N3O2S2. The zero-order chi connectivity index (χ0) is 19.8. The van der Waals surface area contributed by atoms with Crippen LogP contribution in [0.15, 0.2) is 46.9 Å². The van der Waals surface area contributed by atoms with Gasteiger partial charge in [0, 0.05) is 12.7 Å². The summed E-state index contributed by atoms with van der Waals surface area (Å²) in [6.07, 6.45) is -3.92. The Balaban J connectivity index is 2.11. The molecule has 27 heavy (non-hydrogen) atoms. The van der Waals surface area contributed by atoms with E-state index in [4.69, 9.17) is 0 Å². The van der Waals surface area contributed by atoms with Crippen molar-refractivity contribution >= 4 is 31.7 Å². The summed E-state index contributed by atoms with van der Waals surface area (Å²) in [5.41, 5.74) is 1.40. The molecule has 3 rings (SSSR count). The number of aromatic nitrogens is 2. The lowest BCUT2D eigenvalue weighted by atomic mass is 10.1. The van der Waals surface area contributed by atoms with Crippen LogP contribution in [0.3, 0.4) is 0 Å². The van der Waals surface area contributed by atoms with E-state index in [-0.39, 0.29) is 10.5 Å². The van der Waals surface area contributed by atoms with Crippen LogP contribution in [0.5, 0.6) is 0 Å². The van der Waals surface area contributed by atoms with E-state index in [1.807, 2.05) is 0 Å². The van der Waals surface area contributed by atoms with Crippen molar-refractivity contribution in [2.45, 2.75) is 24.0 Å². The van der Waals surface area contributed by atoms with E-state index in [1.54, 1.807) is 0 Å². The first-order valence-corrected chi connectivity index (χ1v) is 10.00. The third-order valence-electron chi connectivity index (χ3n) is 3.86. The number of alkyl halides is 3. The summed E-state index contributed by atoms with van der Waals surface area (Å²) in [5.74, 6) is -0.717. The van der Waals surface area contributed by atoms with Gasteiger partial charge in [0.05, 0.1) is 10.2 Å². The number of benzene rings is 1. The zero-order valence-corrected chi connectivity index (χ0v) is 15.4. The van der Waals surface area contributed by atoms with Crippen molar-refractivity contribution in [1.29, 1.82) is 0 Å². The fourth-order valence-corrected chi connectivity index (χ4v) is 5.00. The number of hydrogen-bond donors (Lipinski definition) is 0. The molecule has 2 aromatic heterocycles. The number of rotatable bonds is 5. The molecule has 0 aliphatic carbocycles. The van der Waals surface area contributed by atoms with Gasteiger partial charge in [-0.15, -0.1) is 11.3 Å². The smallest absolute Gasteiger partial charge is 0.234 e. The van der Waals surface area contributed by atoms with Crippen LogP contribution in [0.2, 0.25) is 0 Å². The van der Waals surface area contributed by atoms with Crippen molar-refractivity contribution in [3.05, 3.63) is 53.4 Å². The summed E-state index contributed by atoms with van der Waals surface area (Å²) in [4.78, 5) is 7.45. The minimum absolute atomic E-state index is 0.313. The predicted octanol–water partition coefficient (Wildman–Crippen LogP) is 4.14. The molecule has 0 N–H and O–H groups in total. The first kappa shape index (κ1) is 19.6. The van der Waals surface area contributed by atoms with Gasteiger partial charge in [0.1, 0.15) is 16.8 Å². The third kappa shape index (κ3) is 3.80. The summed E-state index contributed by atoms with van der Waals surface area (Å²) in [7, 11) is -4.53. The fraction of sp³-hybridized carbons (Fsp3) is 0.250. The van der Waals surface area contributed by atoms with Crippen LogP contribution in [-0.4, -0.2) is 35.4 Å². The van der Waals surface area contributed by atoms with E-state index >= 15 is 0 Å². The fourth-order valence-electron chi connectivity index (χ4n) is 2.67. The molecule has 0 bridgehead atoms. The van der Waals surface area contributed by atoms with Gasteiger partial charge in [-0.3, -0.25) is 0 Å². The van der Waals surface area contributed by atoms with E-state index in [1.165, 1.54) is 18.5 Å². The van der Waals surface area contributed by atoms with Crippen molar-refractivity contribution in [3.63, 3.8) is 0 Å². The molecule has 1 atom stereocenters. The molecule has 0 aliphatic heterocycles. The van der Waals surface area contributed by atoms with Crippen molar-refractivity contribution in [3.8, 4) is 0 Å². The van der Waals surface area contributed by atoms with Crippen LogP contribution < -0.4 is 0 Å². The third-order valence-corrected chi connectivity index (χ3v) is 6.54. The Kier molecular flexibility index (Phi) is 5.19. The molecule has 1 aromatic carbocycles. The van der Waals surface area contributed by atoms with Gasteiger partial charge in [-0.25, -0.2) is 22.8 Å². The van der Waals surface area contributed by atoms with Crippen LogP contribution in [0.1, 0.15) is 18.5 Å². The molecule has 144 valence electrons. The molecule has 3 aromatic rings. The summed E-state index contributed by atoms with van der Waals surface area (Å²) >= 11 is 1.13. The maximum atomic E-state index is 13.8. The molecule has 0 amide bonds. The number of nitrogens with zero attached hydrogens (tertiary/aromatic N) is 3. The highest BCUT2D eigenvalue weighted by Crippen LogP contribution is 2.40. The Bertz CT molecular complexity index is 1050. The van der Waals surface area contributed by atoms with Gasteiger partial charge in [-0.05, 0) is 23.8 Å². The Hall–Kier alpha value is -2.11. The van der Waals surface area contributed by atoms with E-state index in [2.05, 4.69) is 9.97 Å². The molecule has 0 aliphatic rings. The second-order valence-corrected chi connectivity index (χ2v) is 8.33. The van der Waals surface area contributed by atoms with Crippen LogP contribution in [0.25, 0.3) is 10.3 Å². The van der Waals surface area contributed by atoms with E-state index in [0.717, 1.165) is 41.8 Å². The minimum atomic E-state index is -4.90. The van der Waals surface area contributed by atoms with Gasteiger partial charge in [-0.1, -0.05) is 19.1 Å². The molecule has 0 saturated heterocycles. The average Bonchev–Trinajstić information content (AvgIpc) is 3.07. The summed E-state index contributed by atoms with van der Waals surface area (Å²) in [6.45, 7) is 0.864. The second kappa shape index (κ2) is 7.13. The van der Waals surface area contributed by atoms with Gasteiger partial charge >= 0.3 is 6.18 Å². The van der Waals surface area contributed by atoms with Crippen molar-refractivity contribution in [1.82, 2.24) is 14.3 Å². The zero-order valence-electron chi connectivity index (χ0n) is 13.8. The largest absolute Gasteiger partial charge is 0.409 e. The number of fused-ring (bicyclic) bond motifs is 1. The van der Waals surface area contributed by atoms with Gasteiger partial charge in [0.15, 0.2) is 5.65 Å². The Morgan fingerprint density at radius 1 is 1.19 bits per heavy atom. The lowest BCUT2D eigenvalue weighted by Crippen LogP contribution is -2.42. The predicted molar refractivity (Wildman–Crippen MR) is 92.2 cm³/mol. The van der Waals surface area contributed by atoms with E-state index < -0.39 is 34.6 Å². The molecule has 5 nitrogen and oxygen atoms in total. The van der Waals surface area contributed by atoms with Crippen LogP contribution in [-0.2, 0) is 10.0 Å².